The summed E-state index contributed by atoms with van der Waals surface area (Å²) < 4.78 is 44.7. The molecule has 0 saturated heterocycles. The number of rotatable bonds is 16. The van der Waals surface area contributed by atoms with Gasteiger partial charge in [0.25, 0.3) is 10.1 Å². The van der Waals surface area contributed by atoms with Gasteiger partial charge in [-0.15, -0.1) is 0 Å². The molecule has 10 nitrogen and oxygen atoms in total. The largest absolute Gasteiger partial charge is 0.469 e. The van der Waals surface area contributed by atoms with Crippen molar-refractivity contribution < 1.29 is 46.3 Å². The van der Waals surface area contributed by atoms with Gasteiger partial charge in [0.15, 0.2) is 0 Å². The summed E-state index contributed by atoms with van der Waals surface area (Å²) in [6.45, 7) is 6.08. The number of methoxy groups -OCH3 is 1. The van der Waals surface area contributed by atoms with Gasteiger partial charge in [-0.1, -0.05) is 24.6 Å². The van der Waals surface area contributed by atoms with Crippen LogP contribution in [0.4, 0.5) is 0 Å². The topological polar surface area (TPSA) is 142 Å². The third kappa shape index (κ3) is 10.2. The Morgan fingerprint density at radius 2 is 1.56 bits per heavy atom. The van der Waals surface area contributed by atoms with E-state index in [2.05, 4.69) is 0 Å². The molecule has 0 amide bonds. The van der Waals surface area contributed by atoms with E-state index in [0.717, 1.165) is 5.56 Å². The van der Waals surface area contributed by atoms with Crippen molar-refractivity contribution in [1.82, 2.24) is 0 Å². The Labute approximate surface area is 213 Å². The molecule has 204 valence electrons. The summed E-state index contributed by atoms with van der Waals surface area (Å²) in [4.78, 5) is 37.5. The van der Waals surface area contributed by atoms with E-state index in [1.165, 1.54) is 19.2 Å². The van der Waals surface area contributed by atoms with Gasteiger partial charge in [0.05, 0.1) is 35.9 Å². The first-order chi connectivity index (χ1) is 16.9. The molecule has 0 spiro atoms. The van der Waals surface area contributed by atoms with Crippen LogP contribution in [0.3, 0.4) is 0 Å². The van der Waals surface area contributed by atoms with Gasteiger partial charge in [-0.2, -0.15) is 8.42 Å². The van der Waals surface area contributed by atoms with Crippen molar-refractivity contribution in [2.75, 3.05) is 33.5 Å². The van der Waals surface area contributed by atoms with Gasteiger partial charge in [0.2, 0.25) is 0 Å². The zero-order valence-electron chi connectivity index (χ0n) is 21.7. The van der Waals surface area contributed by atoms with Gasteiger partial charge in [-0.25, -0.2) is 0 Å². The average molecular weight is 531 g/mol. The van der Waals surface area contributed by atoms with Crippen LogP contribution in [0, 0.1) is 24.2 Å². The maximum Gasteiger partial charge on any atom is 0.311 e. The fourth-order valence-corrected chi connectivity index (χ4v) is 4.44. The predicted octanol–water partition coefficient (Wildman–Crippen LogP) is 2.79. The lowest BCUT2D eigenvalue weighted by atomic mass is 9.78. The van der Waals surface area contributed by atoms with Crippen molar-refractivity contribution in [3.05, 3.63) is 29.8 Å². The highest BCUT2D eigenvalue weighted by molar-refractivity contribution is 7.86. The fraction of sp³-hybridized carbons (Fsp3) is 0.640. The molecule has 0 aliphatic heterocycles. The minimum absolute atomic E-state index is 0.00151. The van der Waals surface area contributed by atoms with Crippen LogP contribution in [-0.2, 0) is 42.9 Å². The van der Waals surface area contributed by atoms with Crippen molar-refractivity contribution in [2.45, 2.75) is 58.3 Å². The highest BCUT2D eigenvalue weighted by Gasteiger charge is 2.37. The number of hydrogen-bond donors (Lipinski definition) is 1. The Hall–Kier alpha value is -2.50. The number of aliphatic hydroxyl groups is 1. The van der Waals surface area contributed by atoms with Crippen LogP contribution < -0.4 is 0 Å². The van der Waals surface area contributed by atoms with Crippen LogP contribution in [0.5, 0.6) is 0 Å². The predicted molar refractivity (Wildman–Crippen MR) is 130 cm³/mol. The molecule has 1 rings (SSSR count). The Kier molecular flexibility index (Phi) is 13.1. The molecule has 0 aromatic heterocycles. The second-order valence-corrected chi connectivity index (χ2v) is 10.7. The highest BCUT2D eigenvalue weighted by atomic mass is 32.2. The molecule has 0 aliphatic rings. The minimum atomic E-state index is -3.99. The highest BCUT2D eigenvalue weighted by Crippen LogP contribution is 2.32. The van der Waals surface area contributed by atoms with Gasteiger partial charge in [0.1, 0.15) is 13.2 Å². The van der Waals surface area contributed by atoms with Gasteiger partial charge in [-0.3, -0.25) is 18.6 Å². The number of esters is 3. The van der Waals surface area contributed by atoms with E-state index in [0.29, 0.717) is 6.42 Å². The normalized spacial score (nSPS) is 13.5. The smallest absolute Gasteiger partial charge is 0.311 e. The Morgan fingerprint density at radius 1 is 0.972 bits per heavy atom. The molecule has 11 heteroatoms. The number of aryl methyl sites for hydroxylation is 1. The van der Waals surface area contributed by atoms with Gasteiger partial charge in [0, 0.05) is 13.0 Å². The van der Waals surface area contributed by atoms with Gasteiger partial charge in [-0.05, 0) is 52.2 Å². The molecule has 0 aliphatic carbocycles. The molecule has 1 N–H and O–H groups in total. The zero-order valence-corrected chi connectivity index (χ0v) is 22.5. The van der Waals surface area contributed by atoms with E-state index >= 15 is 0 Å². The zero-order chi connectivity index (χ0) is 27.4. The van der Waals surface area contributed by atoms with Crippen LogP contribution in [0.1, 0.15) is 52.0 Å². The van der Waals surface area contributed by atoms with Crippen LogP contribution in [0.15, 0.2) is 29.2 Å². The number of aliphatic hydroxyl groups excluding tert-OH is 1. The third-order valence-corrected chi connectivity index (χ3v) is 6.97. The van der Waals surface area contributed by atoms with Crippen molar-refractivity contribution in [1.29, 1.82) is 0 Å². The summed E-state index contributed by atoms with van der Waals surface area (Å²) >= 11 is 0. The van der Waals surface area contributed by atoms with Crippen molar-refractivity contribution >= 4 is 28.0 Å². The lowest BCUT2D eigenvalue weighted by Gasteiger charge is -2.28. The Balaban J connectivity index is 2.77. The van der Waals surface area contributed by atoms with E-state index < -0.39 is 45.3 Å². The molecule has 1 aromatic rings. The maximum absolute atomic E-state index is 12.7. The molecule has 36 heavy (non-hydrogen) atoms. The van der Waals surface area contributed by atoms with Crippen molar-refractivity contribution in [2.24, 2.45) is 17.3 Å². The molecule has 0 radical (unpaired) electrons. The molecular formula is C25H38O10S. The van der Waals surface area contributed by atoms with Crippen LogP contribution >= 0.6 is 0 Å². The quantitative estimate of drug-likeness (QED) is 0.147. The minimum Gasteiger partial charge on any atom is -0.469 e. The number of benzene rings is 1. The van der Waals surface area contributed by atoms with E-state index in [9.17, 15) is 22.8 Å². The van der Waals surface area contributed by atoms with E-state index in [4.69, 9.17) is 23.5 Å². The standard InChI is InChI=1S/C25H38O10S/c1-6-19(16-20(23(28)33-13-7-12-26)17-25(3,4)24(29)32-5)22(27)34-14-15-35-36(30,31)21-10-8-18(2)9-11-21/h8-11,19-20,26H,6-7,12-17H2,1-5H3. The fourth-order valence-electron chi connectivity index (χ4n) is 3.54. The number of ether oxygens (including phenoxy) is 3. The first-order valence-corrected chi connectivity index (χ1v) is 13.3. The summed E-state index contributed by atoms with van der Waals surface area (Å²) in [5.74, 6) is -3.19. The number of hydrogen-bond acceptors (Lipinski definition) is 10. The van der Waals surface area contributed by atoms with Gasteiger partial charge < -0.3 is 19.3 Å². The number of carbonyl (C=O) groups excluding carboxylic acids is 3. The van der Waals surface area contributed by atoms with E-state index in [1.807, 2.05) is 6.92 Å². The maximum atomic E-state index is 12.7. The summed E-state index contributed by atoms with van der Waals surface area (Å²) in [5, 5.41) is 8.93. The summed E-state index contributed by atoms with van der Waals surface area (Å²) in [6, 6.07) is 6.16. The first kappa shape index (κ1) is 31.5. The van der Waals surface area contributed by atoms with Crippen LogP contribution in [-0.4, -0.2) is 65.0 Å². The van der Waals surface area contributed by atoms with Crippen LogP contribution in [0.25, 0.3) is 0 Å². The van der Waals surface area contributed by atoms with E-state index in [1.54, 1.807) is 32.9 Å². The second-order valence-electron chi connectivity index (χ2n) is 9.12. The third-order valence-electron chi connectivity index (χ3n) is 5.65. The Morgan fingerprint density at radius 3 is 2.11 bits per heavy atom. The molecule has 0 fully saturated rings. The summed E-state index contributed by atoms with van der Waals surface area (Å²) in [5.41, 5.74) is -0.102. The van der Waals surface area contributed by atoms with Crippen molar-refractivity contribution in [3.63, 3.8) is 0 Å². The number of carbonyl (C=O) groups is 3. The lowest BCUT2D eigenvalue weighted by molar-refractivity contribution is -0.157. The SMILES string of the molecule is CCC(CC(CC(C)(C)C(=O)OC)C(=O)OCCCO)C(=O)OCCOS(=O)(=O)c1ccc(C)cc1. The molecule has 2 atom stereocenters. The average Bonchev–Trinajstić information content (AvgIpc) is 2.83. The second kappa shape index (κ2) is 14.9. The molecular weight excluding hydrogens is 492 g/mol. The van der Waals surface area contributed by atoms with Crippen molar-refractivity contribution in [3.8, 4) is 0 Å². The molecule has 2 unspecified atom stereocenters. The first-order valence-electron chi connectivity index (χ1n) is 11.9. The summed E-state index contributed by atoms with van der Waals surface area (Å²) in [6.07, 6.45) is 0.763. The Bertz CT molecular complexity index is 954. The summed E-state index contributed by atoms with van der Waals surface area (Å²) in [7, 11) is -2.73. The monoisotopic (exact) mass is 530 g/mol. The molecule has 1 aromatic carbocycles. The van der Waals surface area contributed by atoms with Gasteiger partial charge >= 0.3 is 17.9 Å². The molecule has 0 heterocycles. The molecule has 0 bridgehead atoms. The van der Waals surface area contributed by atoms with E-state index in [-0.39, 0.29) is 50.6 Å². The van der Waals surface area contributed by atoms with Crippen LogP contribution in [0.2, 0.25) is 0 Å². The molecule has 0 saturated carbocycles. The lowest BCUT2D eigenvalue weighted by Crippen LogP contribution is -2.34.